The molecule has 0 aliphatic heterocycles. The Kier molecular flexibility index (Phi) is 2.94. The number of aryl methyl sites for hydroxylation is 2. The molecule has 0 atom stereocenters. The van der Waals surface area contributed by atoms with Crippen LogP contribution in [0, 0.1) is 19.7 Å². The molecule has 6 nitrogen and oxygen atoms in total. The van der Waals surface area contributed by atoms with E-state index in [1.165, 1.54) is 18.5 Å². The second kappa shape index (κ2) is 4.98. The third-order valence-electron chi connectivity index (χ3n) is 3.73. The van der Waals surface area contributed by atoms with Gasteiger partial charge in [-0.25, -0.2) is 24.0 Å². The van der Waals surface area contributed by atoms with E-state index >= 15 is 0 Å². The number of benzene rings is 1. The van der Waals surface area contributed by atoms with Gasteiger partial charge < -0.3 is 0 Å². The van der Waals surface area contributed by atoms with Gasteiger partial charge in [0.1, 0.15) is 18.0 Å². The molecule has 0 unspecified atom stereocenters. The van der Waals surface area contributed by atoms with Crippen LogP contribution in [0.1, 0.15) is 11.5 Å². The predicted octanol–water partition coefficient (Wildman–Crippen LogP) is 2.76. The van der Waals surface area contributed by atoms with E-state index in [0.29, 0.717) is 17.2 Å². The standard InChI is InChI=1S/C16H13FN6/c1-10-14-15(22-7-6-18-11(22)2)19-9-20-16(14)23(21-10)13-5-3-4-12(17)8-13/h3-9H,1-2H3. The number of fused-ring (bicyclic) bond motifs is 1. The van der Waals surface area contributed by atoms with Gasteiger partial charge in [-0.3, -0.25) is 4.57 Å². The molecule has 0 N–H and O–H groups in total. The van der Waals surface area contributed by atoms with Gasteiger partial charge in [0.25, 0.3) is 0 Å². The number of nitrogens with zero attached hydrogens (tertiary/aromatic N) is 6. The Morgan fingerprint density at radius 2 is 1.96 bits per heavy atom. The normalized spacial score (nSPS) is 11.3. The third kappa shape index (κ3) is 2.09. The molecule has 7 heteroatoms. The molecule has 23 heavy (non-hydrogen) atoms. The van der Waals surface area contributed by atoms with E-state index < -0.39 is 0 Å². The summed E-state index contributed by atoms with van der Waals surface area (Å²) in [6, 6.07) is 6.27. The molecule has 0 aliphatic rings. The SMILES string of the molecule is Cc1nn(-c2cccc(F)c2)c2ncnc(-n3ccnc3C)c12. The summed E-state index contributed by atoms with van der Waals surface area (Å²) in [6.45, 7) is 3.79. The molecule has 0 spiro atoms. The summed E-state index contributed by atoms with van der Waals surface area (Å²) in [5.41, 5.74) is 2.02. The number of hydrogen-bond acceptors (Lipinski definition) is 4. The van der Waals surface area contributed by atoms with Crippen LogP contribution in [-0.2, 0) is 0 Å². The van der Waals surface area contributed by atoms with Crippen LogP contribution in [0.5, 0.6) is 0 Å². The molecule has 3 heterocycles. The minimum absolute atomic E-state index is 0.316. The van der Waals surface area contributed by atoms with Crippen LogP contribution in [0.2, 0.25) is 0 Å². The number of hydrogen-bond donors (Lipinski definition) is 0. The summed E-state index contributed by atoms with van der Waals surface area (Å²) in [7, 11) is 0. The van der Waals surface area contributed by atoms with Gasteiger partial charge in [-0.2, -0.15) is 5.10 Å². The Labute approximate surface area is 131 Å². The largest absolute Gasteiger partial charge is 0.287 e. The van der Waals surface area contributed by atoms with Gasteiger partial charge in [0.15, 0.2) is 11.5 Å². The lowest BCUT2D eigenvalue weighted by molar-refractivity contribution is 0.625. The number of imidazole rings is 1. The maximum Gasteiger partial charge on any atom is 0.168 e. The lowest BCUT2D eigenvalue weighted by Gasteiger charge is -2.06. The lowest BCUT2D eigenvalue weighted by Crippen LogP contribution is -2.02. The first-order chi connectivity index (χ1) is 11.1. The van der Waals surface area contributed by atoms with E-state index in [0.717, 1.165) is 16.9 Å². The van der Waals surface area contributed by atoms with Crippen molar-refractivity contribution in [1.29, 1.82) is 0 Å². The van der Waals surface area contributed by atoms with Crippen molar-refractivity contribution in [1.82, 2.24) is 29.3 Å². The van der Waals surface area contributed by atoms with E-state index in [1.54, 1.807) is 23.0 Å². The van der Waals surface area contributed by atoms with E-state index in [1.807, 2.05) is 24.6 Å². The highest BCUT2D eigenvalue weighted by Gasteiger charge is 2.17. The van der Waals surface area contributed by atoms with Crippen LogP contribution in [-0.4, -0.2) is 29.3 Å². The summed E-state index contributed by atoms with van der Waals surface area (Å²) in [6.07, 6.45) is 5.04. The first-order valence-corrected chi connectivity index (χ1v) is 7.12. The molecule has 4 rings (SSSR count). The molecule has 0 aliphatic carbocycles. The van der Waals surface area contributed by atoms with Crippen molar-refractivity contribution in [2.75, 3.05) is 0 Å². The molecule has 0 amide bonds. The Morgan fingerprint density at radius 3 is 2.70 bits per heavy atom. The zero-order valence-electron chi connectivity index (χ0n) is 12.6. The van der Waals surface area contributed by atoms with Gasteiger partial charge in [0, 0.05) is 12.4 Å². The molecule has 0 fully saturated rings. The summed E-state index contributed by atoms with van der Waals surface area (Å²) in [5, 5.41) is 5.33. The Bertz CT molecular complexity index is 1020. The van der Waals surface area contributed by atoms with Crippen molar-refractivity contribution in [2.45, 2.75) is 13.8 Å². The quantitative estimate of drug-likeness (QED) is 0.571. The van der Waals surface area contributed by atoms with Crippen molar-refractivity contribution < 1.29 is 4.39 Å². The fourth-order valence-corrected chi connectivity index (χ4v) is 2.67. The zero-order chi connectivity index (χ0) is 16.0. The first-order valence-electron chi connectivity index (χ1n) is 7.12. The van der Waals surface area contributed by atoms with Crippen molar-refractivity contribution in [3.63, 3.8) is 0 Å². The topological polar surface area (TPSA) is 61.4 Å². The van der Waals surface area contributed by atoms with Gasteiger partial charge in [-0.1, -0.05) is 6.07 Å². The monoisotopic (exact) mass is 308 g/mol. The smallest absolute Gasteiger partial charge is 0.168 e. The Balaban J connectivity index is 2.02. The fourth-order valence-electron chi connectivity index (χ4n) is 2.67. The van der Waals surface area contributed by atoms with E-state index in [-0.39, 0.29) is 5.82 Å². The molecular weight excluding hydrogens is 295 g/mol. The fraction of sp³-hybridized carbons (Fsp3) is 0.125. The average molecular weight is 308 g/mol. The van der Waals surface area contributed by atoms with Gasteiger partial charge in [-0.15, -0.1) is 0 Å². The van der Waals surface area contributed by atoms with Crippen LogP contribution >= 0.6 is 0 Å². The van der Waals surface area contributed by atoms with E-state index in [4.69, 9.17) is 0 Å². The predicted molar refractivity (Wildman–Crippen MR) is 83.2 cm³/mol. The van der Waals surface area contributed by atoms with Crippen LogP contribution in [0.4, 0.5) is 4.39 Å². The maximum absolute atomic E-state index is 13.5. The van der Waals surface area contributed by atoms with Gasteiger partial charge in [0.05, 0.1) is 16.8 Å². The van der Waals surface area contributed by atoms with E-state index in [2.05, 4.69) is 20.1 Å². The second-order valence-electron chi connectivity index (χ2n) is 5.22. The summed E-state index contributed by atoms with van der Waals surface area (Å²) < 4.78 is 17.0. The van der Waals surface area contributed by atoms with Crippen molar-refractivity contribution in [3.8, 4) is 11.5 Å². The average Bonchev–Trinajstić information content (AvgIpc) is 3.11. The highest BCUT2D eigenvalue weighted by atomic mass is 19.1. The van der Waals surface area contributed by atoms with Gasteiger partial charge in [-0.05, 0) is 32.0 Å². The van der Waals surface area contributed by atoms with E-state index in [9.17, 15) is 4.39 Å². The molecule has 3 aromatic heterocycles. The van der Waals surface area contributed by atoms with Crippen LogP contribution in [0.15, 0.2) is 43.0 Å². The molecule has 4 aromatic rings. The number of aromatic nitrogens is 6. The Morgan fingerprint density at radius 1 is 1.09 bits per heavy atom. The van der Waals surface area contributed by atoms with Crippen molar-refractivity contribution in [3.05, 3.63) is 60.3 Å². The Hall–Kier alpha value is -3.09. The molecule has 0 radical (unpaired) electrons. The maximum atomic E-state index is 13.5. The summed E-state index contributed by atoms with van der Waals surface area (Å²) in [4.78, 5) is 13.0. The zero-order valence-corrected chi connectivity index (χ0v) is 12.6. The second-order valence-corrected chi connectivity index (χ2v) is 5.22. The number of rotatable bonds is 2. The van der Waals surface area contributed by atoms with Crippen molar-refractivity contribution in [2.24, 2.45) is 0 Å². The minimum atomic E-state index is -0.316. The number of halogens is 1. The highest BCUT2D eigenvalue weighted by molar-refractivity contribution is 5.86. The summed E-state index contributed by atoms with van der Waals surface area (Å²) >= 11 is 0. The summed E-state index contributed by atoms with van der Waals surface area (Å²) in [5.74, 6) is 1.22. The van der Waals surface area contributed by atoms with Gasteiger partial charge >= 0.3 is 0 Å². The highest BCUT2D eigenvalue weighted by Crippen LogP contribution is 2.25. The lowest BCUT2D eigenvalue weighted by atomic mass is 10.3. The molecule has 0 saturated heterocycles. The molecule has 0 saturated carbocycles. The molecule has 0 bridgehead atoms. The first kappa shape index (κ1) is 13.6. The molecular formula is C16H13FN6. The third-order valence-corrected chi connectivity index (χ3v) is 3.73. The van der Waals surface area contributed by atoms with Gasteiger partial charge in [0.2, 0.25) is 0 Å². The molecule has 114 valence electrons. The van der Waals surface area contributed by atoms with Crippen LogP contribution < -0.4 is 0 Å². The minimum Gasteiger partial charge on any atom is -0.287 e. The van der Waals surface area contributed by atoms with Crippen LogP contribution in [0.3, 0.4) is 0 Å². The van der Waals surface area contributed by atoms with Crippen molar-refractivity contribution >= 4 is 11.0 Å². The van der Waals surface area contributed by atoms with Crippen LogP contribution in [0.25, 0.3) is 22.5 Å². The molecule has 1 aromatic carbocycles.